The summed E-state index contributed by atoms with van der Waals surface area (Å²) >= 11 is 0. The fourth-order valence-electron chi connectivity index (χ4n) is 1.55. The van der Waals surface area contributed by atoms with Crippen LogP contribution in [-0.4, -0.2) is 39.3 Å². The molecule has 0 unspecified atom stereocenters. The monoisotopic (exact) mass is 217 g/mol. The first kappa shape index (κ1) is 11.0. The third kappa shape index (κ3) is 1.73. The number of halogens is 1. The molecule has 1 aromatic heterocycles. The number of carbonyl (C=O) groups is 1. The van der Waals surface area contributed by atoms with Crippen molar-refractivity contribution >= 4 is 18.4 Å². The topological polar surface area (TPSA) is 58.4 Å². The lowest BCUT2D eigenvalue weighted by atomic mass is 10.2. The molecule has 0 atom stereocenters. The SMILES string of the molecule is CN1CCn2ncc(C(=O)O)c2C1.Cl. The summed E-state index contributed by atoms with van der Waals surface area (Å²) in [6.07, 6.45) is 1.43. The zero-order valence-corrected chi connectivity index (χ0v) is 8.62. The van der Waals surface area contributed by atoms with E-state index in [9.17, 15) is 4.79 Å². The van der Waals surface area contributed by atoms with E-state index in [1.165, 1.54) is 6.20 Å². The van der Waals surface area contributed by atoms with Crippen molar-refractivity contribution in [2.75, 3.05) is 13.6 Å². The Morgan fingerprint density at radius 2 is 2.29 bits per heavy atom. The summed E-state index contributed by atoms with van der Waals surface area (Å²) in [5, 5.41) is 12.9. The van der Waals surface area contributed by atoms with E-state index in [-0.39, 0.29) is 12.4 Å². The second-order valence-corrected chi connectivity index (χ2v) is 3.27. The van der Waals surface area contributed by atoms with Crippen LogP contribution in [0, 0.1) is 0 Å². The highest BCUT2D eigenvalue weighted by molar-refractivity contribution is 5.88. The number of nitrogens with zero attached hydrogens (tertiary/aromatic N) is 3. The largest absolute Gasteiger partial charge is 0.478 e. The zero-order valence-electron chi connectivity index (χ0n) is 7.80. The van der Waals surface area contributed by atoms with Gasteiger partial charge in [-0.2, -0.15) is 5.10 Å². The van der Waals surface area contributed by atoms with E-state index in [1.807, 2.05) is 7.05 Å². The van der Waals surface area contributed by atoms with Crippen LogP contribution in [0.5, 0.6) is 0 Å². The molecular formula is C8H12ClN3O2. The number of aromatic carboxylic acids is 1. The molecule has 0 bridgehead atoms. The first-order valence-electron chi connectivity index (χ1n) is 4.15. The molecule has 6 heteroatoms. The molecule has 1 N–H and O–H groups in total. The number of fused-ring (bicyclic) bond motifs is 1. The molecule has 0 amide bonds. The molecule has 0 spiro atoms. The van der Waals surface area contributed by atoms with E-state index in [0.29, 0.717) is 12.1 Å². The van der Waals surface area contributed by atoms with Crippen molar-refractivity contribution in [1.82, 2.24) is 14.7 Å². The summed E-state index contributed by atoms with van der Waals surface area (Å²) in [6, 6.07) is 0. The number of hydrogen-bond acceptors (Lipinski definition) is 3. The second kappa shape index (κ2) is 3.98. The van der Waals surface area contributed by atoms with Gasteiger partial charge in [0.1, 0.15) is 5.56 Å². The fraction of sp³-hybridized carbons (Fsp3) is 0.500. The molecule has 0 aliphatic carbocycles. The highest BCUT2D eigenvalue weighted by Crippen LogP contribution is 2.14. The van der Waals surface area contributed by atoms with Crippen LogP contribution in [0.15, 0.2) is 6.20 Å². The maximum atomic E-state index is 10.8. The van der Waals surface area contributed by atoms with Crippen LogP contribution in [0.1, 0.15) is 16.1 Å². The summed E-state index contributed by atoms with van der Waals surface area (Å²) < 4.78 is 1.77. The first-order valence-corrected chi connectivity index (χ1v) is 4.15. The third-order valence-corrected chi connectivity index (χ3v) is 2.29. The van der Waals surface area contributed by atoms with Crippen LogP contribution >= 0.6 is 12.4 Å². The molecule has 78 valence electrons. The van der Waals surface area contributed by atoms with Gasteiger partial charge in [-0.1, -0.05) is 0 Å². The Morgan fingerprint density at radius 1 is 1.57 bits per heavy atom. The maximum Gasteiger partial charge on any atom is 0.339 e. The Bertz CT molecular complexity index is 350. The number of carboxylic acids is 1. The summed E-state index contributed by atoms with van der Waals surface area (Å²) in [4.78, 5) is 12.9. The van der Waals surface area contributed by atoms with Crippen LogP contribution in [0.25, 0.3) is 0 Å². The smallest absolute Gasteiger partial charge is 0.339 e. The summed E-state index contributed by atoms with van der Waals surface area (Å²) in [7, 11) is 1.97. The highest BCUT2D eigenvalue weighted by Gasteiger charge is 2.21. The minimum atomic E-state index is -0.892. The molecule has 0 saturated carbocycles. The molecule has 1 aromatic rings. The molecule has 1 aliphatic rings. The van der Waals surface area contributed by atoms with Crippen LogP contribution in [0.2, 0.25) is 0 Å². The van der Waals surface area contributed by atoms with Gasteiger partial charge in [0.25, 0.3) is 0 Å². The molecule has 5 nitrogen and oxygen atoms in total. The Balaban J connectivity index is 0.000000980. The van der Waals surface area contributed by atoms with Crippen molar-refractivity contribution in [2.45, 2.75) is 13.1 Å². The summed E-state index contributed by atoms with van der Waals surface area (Å²) in [5.74, 6) is -0.892. The molecular weight excluding hydrogens is 206 g/mol. The average molecular weight is 218 g/mol. The van der Waals surface area contributed by atoms with E-state index in [0.717, 1.165) is 18.8 Å². The van der Waals surface area contributed by atoms with Gasteiger partial charge in [0.05, 0.1) is 18.4 Å². The minimum absolute atomic E-state index is 0. The standard InChI is InChI=1S/C8H11N3O2.ClH/c1-10-2-3-11-7(5-10)6(4-9-11)8(12)13;/h4H,2-3,5H2,1H3,(H,12,13);1H. The van der Waals surface area contributed by atoms with Gasteiger partial charge in [-0.25, -0.2) is 4.79 Å². The zero-order chi connectivity index (χ0) is 9.42. The molecule has 1 aliphatic heterocycles. The number of likely N-dealkylation sites (N-methyl/N-ethyl adjacent to an activating group) is 1. The van der Waals surface area contributed by atoms with E-state index in [2.05, 4.69) is 10.00 Å². The Morgan fingerprint density at radius 3 is 2.93 bits per heavy atom. The van der Waals surface area contributed by atoms with Gasteiger partial charge in [0.15, 0.2) is 0 Å². The fourth-order valence-corrected chi connectivity index (χ4v) is 1.55. The lowest BCUT2D eigenvalue weighted by Gasteiger charge is -2.23. The van der Waals surface area contributed by atoms with Crippen LogP contribution in [-0.2, 0) is 13.1 Å². The molecule has 0 fully saturated rings. The molecule has 0 saturated heterocycles. The lowest BCUT2D eigenvalue weighted by Crippen LogP contribution is -2.31. The van der Waals surface area contributed by atoms with Gasteiger partial charge in [-0.3, -0.25) is 9.58 Å². The normalized spacial score (nSPS) is 15.8. The van der Waals surface area contributed by atoms with Gasteiger partial charge >= 0.3 is 5.97 Å². The predicted molar refractivity (Wildman–Crippen MR) is 52.8 cm³/mol. The molecule has 14 heavy (non-hydrogen) atoms. The minimum Gasteiger partial charge on any atom is -0.478 e. The predicted octanol–water partition coefficient (Wildman–Crippen LogP) is 0.448. The first-order chi connectivity index (χ1) is 6.18. The van der Waals surface area contributed by atoms with E-state index in [1.54, 1.807) is 4.68 Å². The number of carboxylic acid groups (broad SMARTS) is 1. The van der Waals surface area contributed by atoms with Crippen LogP contribution < -0.4 is 0 Å². The van der Waals surface area contributed by atoms with E-state index < -0.39 is 5.97 Å². The van der Waals surface area contributed by atoms with E-state index in [4.69, 9.17) is 5.11 Å². The average Bonchev–Trinajstić information content (AvgIpc) is 2.46. The molecule has 0 aromatic carbocycles. The number of aromatic nitrogens is 2. The molecule has 2 heterocycles. The Kier molecular flexibility index (Phi) is 3.13. The number of hydrogen-bond donors (Lipinski definition) is 1. The van der Waals surface area contributed by atoms with Crippen LogP contribution in [0.3, 0.4) is 0 Å². The van der Waals surface area contributed by atoms with Crippen molar-refractivity contribution in [1.29, 1.82) is 0 Å². The van der Waals surface area contributed by atoms with Crippen LogP contribution in [0.4, 0.5) is 0 Å². The van der Waals surface area contributed by atoms with Gasteiger partial charge < -0.3 is 5.11 Å². The Labute approximate surface area is 87.7 Å². The summed E-state index contributed by atoms with van der Waals surface area (Å²) in [5.41, 5.74) is 1.13. The van der Waals surface area contributed by atoms with Crippen molar-refractivity contribution < 1.29 is 9.90 Å². The summed E-state index contributed by atoms with van der Waals surface area (Å²) in [6.45, 7) is 2.37. The lowest BCUT2D eigenvalue weighted by molar-refractivity contribution is 0.0693. The maximum absolute atomic E-state index is 10.8. The second-order valence-electron chi connectivity index (χ2n) is 3.27. The van der Waals surface area contributed by atoms with Gasteiger partial charge in [-0.05, 0) is 7.05 Å². The Hall–Kier alpha value is -1.07. The van der Waals surface area contributed by atoms with Crippen molar-refractivity contribution in [2.24, 2.45) is 0 Å². The van der Waals surface area contributed by atoms with Gasteiger partial charge in [0.2, 0.25) is 0 Å². The molecule has 0 radical (unpaired) electrons. The van der Waals surface area contributed by atoms with Gasteiger partial charge in [0, 0.05) is 13.1 Å². The van der Waals surface area contributed by atoms with Gasteiger partial charge in [-0.15, -0.1) is 12.4 Å². The van der Waals surface area contributed by atoms with Crippen molar-refractivity contribution in [3.8, 4) is 0 Å². The quantitative estimate of drug-likeness (QED) is 0.742. The van der Waals surface area contributed by atoms with Crippen molar-refractivity contribution in [3.63, 3.8) is 0 Å². The number of rotatable bonds is 1. The molecule has 2 rings (SSSR count). The van der Waals surface area contributed by atoms with Crippen molar-refractivity contribution in [3.05, 3.63) is 17.5 Å². The van der Waals surface area contributed by atoms with E-state index >= 15 is 0 Å². The highest BCUT2D eigenvalue weighted by atomic mass is 35.5. The third-order valence-electron chi connectivity index (χ3n) is 2.29.